The van der Waals surface area contributed by atoms with Crippen molar-refractivity contribution in [1.82, 2.24) is 24.6 Å². The molecule has 5 rings (SSSR count). The molecular formula is C25H26N6O4. The van der Waals surface area contributed by atoms with Crippen molar-refractivity contribution in [2.24, 2.45) is 0 Å². The molecule has 1 fully saturated rings. The smallest absolute Gasteiger partial charge is 0.258 e. The molecular weight excluding hydrogens is 448 g/mol. The number of carbonyl (C=O) groups excluding carboxylic acids is 2. The minimum absolute atomic E-state index is 0.129. The third-order valence-electron chi connectivity index (χ3n) is 6.03. The molecule has 1 aliphatic heterocycles. The summed E-state index contributed by atoms with van der Waals surface area (Å²) in [4.78, 5) is 34.8. The molecule has 0 atom stereocenters. The summed E-state index contributed by atoms with van der Waals surface area (Å²) in [5.41, 5.74) is 4.86. The molecule has 1 N–H and O–H groups in total. The first-order valence-corrected chi connectivity index (χ1v) is 11.5. The van der Waals surface area contributed by atoms with E-state index < -0.39 is 0 Å². The molecule has 0 radical (unpaired) electrons. The molecule has 0 bridgehead atoms. The van der Waals surface area contributed by atoms with E-state index in [1.54, 1.807) is 6.33 Å². The Bertz CT molecular complexity index is 1390. The van der Waals surface area contributed by atoms with Crippen LogP contribution in [-0.2, 0) is 20.9 Å². The molecule has 10 heteroatoms. The van der Waals surface area contributed by atoms with Gasteiger partial charge in [0.05, 0.1) is 30.6 Å². The van der Waals surface area contributed by atoms with E-state index >= 15 is 0 Å². The predicted molar refractivity (Wildman–Crippen MR) is 130 cm³/mol. The second-order valence-corrected chi connectivity index (χ2v) is 8.52. The van der Waals surface area contributed by atoms with E-state index in [0.717, 1.165) is 22.2 Å². The van der Waals surface area contributed by atoms with Crippen molar-refractivity contribution in [3.8, 4) is 22.8 Å². The standard InChI is InChI=1S/C25H26N6O4/c1-16-3-4-19(14-20(16)27-17(2)32)25-28-24(29-35-25)18-5-6-22-21(13-18)26-15-31(22)8-7-23(33)30-9-11-34-12-10-30/h3-6,13-15H,7-12H2,1-2H3,(H,27,32). The van der Waals surface area contributed by atoms with Gasteiger partial charge >= 0.3 is 0 Å². The number of benzene rings is 2. The van der Waals surface area contributed by atoms with Gasteiger partial charge in [-0.25, -0.2) is 4.98 Å². The first-order chi connectivity index (χ1) is 17.0. The number of carbonyl (C=O) groups is 2. The van der Waals surface area contributed by atoms with Crippen LogP contribution in [0.1, 0.15) is 18.9 Å². The number of morpholine rings is 1. The predicted octanol–water partition coefficient (Wildman–Crippen LogP) is 3.27. The van der Waals surface area contributed by atoms with E-state index in [2.05, 4.69) is 20.4 Å². The first kappa shape index (κ1) is 22.7. The molecule has 3 heterocycles. The number of imidazole rings is 1. The fourth-order valence-corrected chi connectivity index (χ4v) is 4.11. The summed E-state index contributed by atoms with van der Waals surface area (Å²) in [7, 11) is 0. The zero-order valence-corrected chi connectivity index (χ0v) is 19.7. The highest BCUT2D eigenvalue weighted by Crippen LogP contribution is 2.28. The minimum atomic E-state index is -0.144. The molecule has 180 valence electrons. The van der Waals surface area contributed by atoms with Gasteiger partial charge in [0.25, 0.3) is 5.89 Å². The number of hydrogen-bond acceptors (Lipinski definition) is 7. The summed E-state index contributed by atoms with van der Waals surface area (Å²) in [6.45, 7) is 6.44. The fourth-order valence-electron chi connectivity index (χ4n) is 4.11. The van der Waals surface area contributed by atoms with Gasteiger partial charge in [0, 0.05) is 49.8 Å². The second kappa shape index (κ2) is 9.67. The maximum atomic E-state index is 12.5. The molecule has 0 unspecified atom stereocenters. The van der Waals surface area contributed by atoms with Crippen LogP contribution in [0.4, 0.5) is 5.69 Å². The number of aryl methyl sites for hydroxylation is 2. The zero-order chi connectivity index (χ0) is 24.4. The Labute approximate surface area is 201 Å². The Balaban J connectivity index is 1.32. The van der Waals surface area contributed by atoms with E-state index in [0.29, 0.717) is 62.2 Å². The van der Waals surface area contributed by atoms with Crippen molar-refractivity contribution in [1.29, 1.82) is 0 Å². The molecule has 0 saturated carbocycles. The number of aromatic nitrogens is 4. The molecule has 10 nitrogen and oxygen atoms in total. The number of fused-ring (bicyclic) bond motifs is 1. The lowest BCUT2D eigenvalue weighted by molar-refractivity contribution is -0.135. The normalized spacial score (nSPS) is 13.8. The molecule has 2 amide bonds. The van der Waals surface area contributed by atoms with Crippen LogP contribution in [0.5, 0.6) is 0 Å². The topological polar surface area (TPSA) is 115 Å². The first-order valence-electron chi connectivity index (χ1n) is 11.5. The molecule has 0 aliphatic carbocycles. The van der Waals surface area contributed by atoms with Gasteiger partial charge in [-0.2, -0.15) is 4.98 Å². The molecule has 35 heavy (non-hydrogen) atoms. The highest BCUT2D eigenvalue weighted by atomic mass is 16.5. The Hall–Kier alpha value is -4.05. The van der Waals surface area contributed by atoms with Crippen LogP contribution in [0, 0.1) is 6.92 Å². The summed E-state index contributed by atoms with van der Waals surface area (Å²) in [5.74, 6) is 0.790. The Morgan fingerprint density at radius 3 is 2.69 bits per heavy atom. The lowest BCUT2D eigenvalue weighted by Crippen LogP contribution is -2.40. The van der Waals surface area contributed by atoms with Gasteiger partial charge in [-0.1, -0.05) is 11.2 Å². The van der Waals surface area contributed by atoms with E-state index in [1.807, 2.05) is 52.8 Å². The van der Waals surface area contributed by atoms with Crippen LogP contribution in [0.25, 0.3) is 33.9 Å². The second-order valence-electron chi connectivity index (χ2n) is 8.52. The fraction of sp³-hybridized carbons (Fsp3) is 0.320. The Kier molecular flexibility index (Phi) is 6.28. The third-order valence-corrected chi connectivity index (χ3v) is 6.03. The number of hydrogen-bond donors (Lipinski definition) is 1. The Morgan fingerprint density at radius 1 is 1.09 bits per heavy atom. The van der Waals surface area contributed by atoms with E-state index in [1.165, 1.54) is 6.92 Å². The SMILES string of the molecule is CC(=O)Nc1cc(-c2nc(-c3ccc4c(c3)ncn4CCC(=O)N3CCOCC3)no2)ccc1C. The number of nitrogens with one attached hydrogen (secondary N) is 1. The minimum Gasteiger partial charge on any atom is -0.378 e. The van der Waals surface area contributed by atoms with Crippen LogP contribution >= 0.6 is 0 Å². The number of nitrogens with zero attached hydrogens (tertiary/aromatic N) is 5. The van der Waals surface area contributed by atoms with Gasteiger partial charge in [0.15, 0.2) is 0 Å². The molecule has 4 aromatic rings. The van der Waals surface area contributed by atoms with Crippen LogP contribution in [-0.4, -0.2) is 62.7 Å². The van der Waals surface area contributed by atoms with Crippen LogP contribution in [0.3, 0.4) is 0 Å². The van der Waals surface area contributed by atoms with Crippen molar-refractivity contribution < 1.29 is 18.8 Å². The van der Waals surface area contributed by atoms with E-state index in [4.69, 9.17) is 9.26 Å². The van der Waals surface area contributed by atoms with Gasteiger partial charge in [0.1, 0.15) is 0 Å². The van der Waals surface area contributed by atoms with Crippen molar-refractivity contribution in [3.05, 3.63) is 48.3 Å². The lowest BCUT2D eigenvalue weighted by atomic mass is 10.1. The quantitative estimate of drug-likeness (QED) is 0.456. The number of rotatable bonds is 6. The summed E-state index contributed by atoms with van der Waals surface area (Å²) >= 11 is 0. The van der Waals surface area contributed by atoms with E-state index in [9.17, 15) is 9.59 Å². The zero-order valence-electron chi connectivity index (χ0n) is 19.7. The average Bonchev–Trinajstić information content (AvgIpc) is 3.51. The van der Waals surface area contributed by atoms with Crippen LogP contribution < -0.4 is 5.32 Å². The number of ether oxygens (including phenoxy) is 1. The summed E-state index contributed by atoms with van der Waals surface area (Å²) in [5, 5.41) is 6.94. The van der Waals surface area contributed by atoms with Gasteiger partial charge in [-0.05, 0) is 42.8 Å². The number of anilines is 1. The highest BCUT2D eigenvalue weighted by Gasteiger charge is 2.18. The monoisotopic (exact) mass is 474 g/mol. The van der Waals surface area contributed by atoms with Crippen molar-refractivity contribution in [3.63, 3.8) is 0 Å². The molecule has 2 aromatic heterocycles. The van der Waals surface area contributed by atoms with Gasteiger partial charge < -0.3 is 24.0 Å². The average molecular weight is 475 g/mol. The number of amides is 2. The Morgan fingerprint density at radius 2 is 1.89 bits per heavy atom. The maximum absolute atomic E-state index is 12.5. The summed E-state index contributed by atoms with van der Waals surface area (Å²) in [6.07, 6.45) is 2.16. The van der Waals surface area contributed by atoms with Crippen LogP contribution in [0.15, 0.2) is 47.2 Å². The molecule has 1 saturated heterocycles. The van der Waals surface area contributed by atoms with Crippen molar-refractivity contribution in [2.75, 3.05) is 31.6 Å². The largest absolute Gasteiger partial charge is 0.378 e. The molecule has 2 aromatic carbocycles. The molecule has 0 spiro atoms. The van der Waals surface area contributed by atoms with Crippen LogP contribution in [0.2, 0.25) is 0 Å². The van der Waals surface area contributed by atoms with E-state index in [-0.39, 0.29) is 11.8 Å². The summed E-state index contributed by atoms with van der Waals surface area (Å²) in [6, 6.07) is 11.4. The van der Waals surface area contributed by atoms with Crippen molar-refractivity contribution >= 4 is 28.5 Å². The third kappa shape index (κ3) is 4.92. The van der Waals surface area contributed by atoms with Crippen molar-refractivity contribution in [2.45, 2.75) is 26.8 Å². The lowest BCUT2D eigenvalue weighted by Gasteiger charge is -2.26. The van der Waals surface area contributed by atoms with Gasteiger partial charge in [-0.3, -0.25) is 9.59 Å². The highest BCUT2D eigenvalue weighted by molar-refractivity contribution is 5.90. The van der Waals surface area contributed by atoms with Gasteiger partial charge in [-0.15, -0.1) is 0 Å². The maximum Gasteiger partial charge on any atom is 0.258 e. The van der Waals surface area contributed by atoms with Gasteiger partial charge in [0.2, 0.25) is 17.6 Å². The molecule has 1 aliphatic rings. The summed E-state index contributed by atoms with van der Waals surface area (Å²) < 4.78 is 12.8.